The molecule has 0 aliphatic rings. The molecule has 5 nitrogen and oxygen atoms in total. The van der Waals surface area contributed by atoms with Crippen LogP contribution < -0.4 is 15.4 Å². The molecule has 1 aromatic heterocycles. The quantitative estimate of drug-likeness (QED) is 0.667. The number of nitrogens with zero attached hydrogens (tertiary/aromatic N) is 1. The van der Waals surface area contributed by atoms with Crippen LogP contribution in [0.4, 0.5) is 0 Å². The maximum Gasteiger partial charge on any atom is 0.251 e. The van der Waals surface area contributed by atoms with Gasteiger partial charge in [-0.3, -0.25) is 9.78 Å². The Bertz CT molecular complexity index is 659. The molecule has 1 amide bonds. The van der Waals surface area contributed by atoms with Crippen molar-refractivity contribution in [2.45, 2.75) is 27.4 Å². The predicted octanol–water partition coefficient (Wildman–Crippen LogP) is 3.46. The normalized spacial score (nSPS) is 9.65. The second-order valence-electron chi connectivity index (χ2n) is 5.70. The summed E-state index contributed by atoms with van der Waals surface area (Å²) in [7, 11) is 0. The molecule has 144 valence electrons. The molecule has 0 aliphatic carbocycles. The van der Waals surface area contributed by atoms with E-state index in [2.05, 4.69) is 15.6 Å². The number of aryl methyl sites for hydroxylation is 2. The highest BCUT2D eigenvalue weighted by molar-refractivity contribution is 5.94. The van der Waals surface area contributed by atoms with Crippen molar-refractivity contribution in [3.8, 4) is 5.75 Å². The Morgan fingerprint density at radius 3 is 2.42 bits per heavy atom. The van der Waals surface area contributed by atoms with Crippen molar-refractivity contribution in [1.82, 2.24) is 15.6 Å². The molecule has 0 spiro atoms. The van der Waals surface area contributed by atoms with E-state index in [1.807, 2.05) is 45.0 Å². The minimum atomic E-state index is -0.0575. The summed E-state index contributed by atoms with van der Waals surface area (Å²) in [6, 6.07) is 7.60. The molecular formula is C19H27Cl2N3O2. The van der Waals surface area contributed by atoms with Gasteiger partial charge in [0.1, 0.15) is 12.4 Å². The Labute approximate surface area is 167 Å². The van der Waals surface area contributed by atoms with Gasteiger partial charge in [-0.25, -0.2) is 0 Å². The van der Waals surface area contributed by atoms with Crippen molar-refractivity contribution in [1.29, 1.82) is 0 Å². The predicted molar refractivity (Wildman–Crippen MR) is 110 cm³/mol. The zero-order valence-corrected chi connectivity index (χ0v) is 17.0. The van der Waals surface area contributed by atoms with Gasteiger partial charge in [0, 0.05) is 36.6 Å². The summed E-state index contributed by atoms with van der Waals surface area (Å²) in [5.74, 6) is 0.765. The van der Waals surface area contributed by atoms with E-state index < -0.39 is 0 Å². The standard InChI is InChI=1S/C19H25N3O2.2ClH/c1-4-20-8-9-22-19(23)17-10-14(2)18(15(3)11-17)24-13-16-6-5-7-21-12-16;;/h5-7,10-12,20H,4,8-9,13H2,1-3H3,(H,22,23);2*1H. The maximum absolute atomic E-state index is 12.2. The largest absolute Gasteiger partial charge is 0.488 e. The molecule has 0 bridgehead atoms. The smallest absolute Gasteiger partial charge is 0.251 e. The highest BCUT2D eigenvalue weighted by Crippen LogP contribution is 2.25. The number of benzene rings is 1. The van der Waals surface area contributed by atoms with Crippen LogP contribution in [0.25, 0.3) is 0 Å². The maximum atomic E-state index is 12.2. The molecular weight excluding hydrogens is 373 g/mol. The van der Waals surface area contributed by atoms with Crippen LogP contribution in [0.5, 0.6) is 5.75 Å². The number of carbonyl (C=O) groups is 1. The second-order valence-corrected chi connectivity index (χ2v) is 5.70. The highest BCUT2D eigenvalue weighted by atomic mass is 35.5. The third-order valence-corrected chi connectivity index (χ3v) is 3.67. The van der Waals surface area contributed by atoms with Gasteiger partial charge in [0.25, 0.3) is 5.91 Å². The van der Waals surface area contributed by atoms with E-state index in [0.29, 0.717) is 18.7 Å². The summed E-state index contributed by atoms with van der Waals surface area (Å²) in [4.78, 5) is 16.3. The number of carbonyl (C=O) groups excluding carboxylic acids is 1. The molecule has 2 aromatic rings. The van der Waals surface area contributed by atoms with Crippen molar-refractivity contribution in [2.24, 2.45) is 0 Å². The van der Waals surface area contributed by atoms with Gasteiger partial charge in [0.2, 0.25) is 0 Å². The fourth-order valence-electron chi connectivity index (χ4n) is 2.49. The van der Waals surface area contributed by atoms with E-state index in [4.69, 9.17) is 4.74 Å². The van der Waals surface area contributed by atoms with Gasteiger partial charge in [-0.1, -0.05) is 13.0 Å². The average Bonchev–Trinajstić information content (AvgIpc) is 2.58. The van der Waals surface area contributed by atoms with Gasteiger partial charge in [-0.15, -0.1) is 24.8 Å². The fourth-order valence-corrected chi connectivity index (χ4v) is 2.49. The van der Waals surface area contributed by atoms with E-state index in [0.717, 1.165) is 35.5 Å². The molecule has 26 heavy (non-hydrogen) atoms. The van der Waals surface area contributed by atoms with Crippen molar-refractivity contribution < 1.29 is 9.53 Å². The summed E-state index contributed by atoms with van der Waals surface area (Å²) >= 11 is 0. The van der Waals surface area contributed by atoms with E-state index in [1.165, 1.54) is 0 Å². The molecule has 0 radical (unpaired) electrons. The average molecular weight is 400 g/mol. The molecule has 0 atom stereocenters. The summed E-state index contributed by atoms with van der Waals surface area (Å²) in [6.07, 6.45) is 3.53. The van der Waals surface area contributed by atoms with Crippen molar-refractivity contribution >= 4 is 30.7 Å². The van der Waals surface area contributed by atoms with Crippen LogP contribution in [0, 0.1) is 13.8 Å². The number of rotatable bonds is 8. The molecule has 2 N–H and O–H groups in total. The van der Waals surface area contributed by atoms with Crippen molar-refractivity contribution in [3.63, 3.8) is 0 Å². The Hall–Kier alpha value is -1.82. The van der Waals surface area contributed by atoms with Crippen LogP contribution >= 0.6 is 24.8 Å². The lowest BCUT2D eigenvalue weighted by atomic mass is 10.0. The van der Waals surface area contributed by atoms with Gasteiger partial charge < -0.3 is 15.4 Å². The Kier molecular flexibility index (Phi) is 11.6. The minimum absolute atomic E-state index is 0. The van der Waals surface area contributed by atoms with Crippen molar-refractivity contribution in [2.75, 3.05) is 19.6 Å². The lowest BCUT2D eigenvalue weighted by molar-refractivity contribution is 0.0953. The van der Waals surface area contributed by atoms with Crippen LogP contribution in [0.1, 0.15) is 34.0 Å². The lowest BCUT2D eigenvalue weighted by Crippen LogP contribution is -2.31. The van der Waals surface area contributed by atoms with E-state index in [9.17, 15) is 4.79 Å². The molecule has 0 saturated heterocycles. The molecule has 0 saturated carbocycles. The molecule has 7 heteroatoms. The molecule has 0 unspecified atom stereocenters. The number of ether oxygens (including phenoxy) is 1. The molecule has 0 fully saturated rings. The van der Waals surface area contributed by atoms with Crippen LogP contribution in [0.15, 0.2) is 36.7 Å². The van der Waals surface area contributed by atoms with Gasteiger partial charge in [0.15, 0.2) is 0 Å². The van der Waals surface area contributed by atoms with Gasteiger partial charge in [-0.2, -0.15) is 0 Å². The lowest BCUT2D eigenvalue weighted by Gasteiger charge is -2.14. The van der Waals surface area contributed by atoms with E-state index >= 15 is 0 Å². The van der Waals surface area contributed by atoms with E-state index in [1.54, 1.807) is 12.4 Å². The van der Waals surface area contributed by atoms with Gasteiger partial charge in [0.05, 0.1) is 0 Å². The third-order valence-electron chi connectivity index (χ3n) is 3.67. The third kappa shape index (κ3) is 7.20. The summed E-state index contributed by atoms with van der Waals surface area (Å²) in [5, 5.41) is 6.09. The molecule has 2 rings (SSSR count). The molecule has 1 heterocycles. The molecule has 0 aliphatic heterocycles. The Morgan fingerprint density at radius 1 is 1.15 bits per heavy atom. The van der Waals surface area contributed by atoms with Crippen LogP contribution in [-0.2, 0) is 6.61 Å². The monoisotopic (exact) mass is 399 g/mol. The number of likely N-dealkylation sites (N-methyl/N-ethyl adjacent to an activating group) is 1. The van der Waals surface area contributed by atoms with Gasteiger partial charge in [-0.05, 0) is 49.7 Å². The fraction of sp³-hybridized carbons (Fsp3) is 0.368. The SMILES string of the molecule is CCNCCNC(=O)c1cc(C)c(OCc2cccnc2)c(C)c1.Cl.Cl. The summed E-state index contributed by atoms with van der Waals surface area (Å²) in [6.45, 7) is 8.71. The van der Waals surface area contributed by atoms with Crippen LogP contribution in [0.3, 0.4) is 0 Å². The highest BCUT2D eigenvalue weighted by Gasteiger charge is 2.11. The number of nitrogens with one attached hydrogen (secondary N) is 2. The number of pyridine rings is 1. The van der Waals surface area contributed by atoms with Crippen molar-refractivity contribution in [3.05, 3.63) is 58.9 Å². The van der Waals surface area contributed by atoms with Crippen LogP contribution in [-0.4, -0.2) is 30.5 Å². The van der Waals surface area contributed by atoms with E-state index in [-0.39, 0.29) is 30.7 Å². The number of amides is 1. The minimum Gasteiger partial charge on any atom is -0.488 e. The summed E-state index contributed by atoms with van der Waals surface area (Å²) in [5.41, 5.74) is 3.59. The first-order chi connectivity index (χ1) is 11.6. The first kappa shape index (κ1) is 24.2. The number of hydrogen-bond acceptors (Lipinski definition) is 4. The first-order valence-electron chi connectivity index (χ1n) is 8.23. The second kappa shape index (κ2) is 12.5. The zero-order chi connectivity index (χ0) is 17.4. The van der Waals surface area contributed by atoms with Gasteiger partial charge >= 0.3 is 0 Å². The number of hydrogen-bond donors (Lipinski definition) is 2. The Balaban J connectivity index is 0.00000312. The zero-order valence-electron chi connectivity index (χ0n) is 15.4. The topological polar surface area (TPSA) is 63.2 Å². The number of halogens is 2. The first-order valence-corrected chi connectivity index (χ1v) is 8.23. The summed E-state index contributed by atoms with van der Waals surface area (Å²) < 4.78 is 5.92. The molecule has 1 aromatic carbocycles. The Morgan fingerprint density at radius 2 is 1.85 bits per heavy atom. The number of aromatic nitrogens is 1. The van der Waals surface area contributed by atoms with Crippen LogP contribution in [0.2, 0.25) is 0 Å².